The van der Waals surface area contributed by atoms with E-state index in [9.17, 15) is 0 Å². The molecule has 2 N–H and O–H groups in total. The normalized spacial score (nSPS) is 36.9. The molecule has 12 heavy (non-hydrogen) atoms. The molecule has 1 aliphatic rings. The number of nitrogens with one attached hydrogen (secondary N) is 2. The molecule has 0 aliphatic heterocycles. The molecular formula is C10H18N2. The Morgan fingerprint density at radius 3 is 2.58 bits per heavy atom. The maximum Gasteiger partial charge on any atom is 0.00216 e. The Bertz CT molecular complexity index is 177. The third-order valence-electron chi connectivity index (χ3n) is 2.99. The molecule has 2 unspecified atom stereocenters. The average Bonchev–Trinajstić information content (AvgIpc) is 2.28. The minimum Gasteiger partial charge on any atom is -0.313 e. The van der Waals surface area contributed by atoms with Crippen molar-refractivity contribution in [2.24, 2.45) is 11.3 Å². The highest BCUT2D eigenvalue weighted by atomic mass is 14.4. The van der Waals surface area contributed by atoms with E-state index in [1.165, 1.54) is 6.42 Å². The summed E-state index contributed by atoms with van der Waals surface area (Å²) >= 11 is 0. The van der Waals surface area contributed by atoms with Crippen LogP contribution in [0.1, 0.15) is 39.0 Å². The first kappa shape index (κ1) is 9.43. The first-order valence-corrected chi connectivity index (χ1v) is 4.72. The second kappa shape index (κ2) is 3.83. The molecule has 0 amide bonds. The monoisotopic (exact) mass is 166 g/mol. The van der Waals surface area contributed by atoms with Crippen LogP contribution in [0.5, 0.6) is 0 Å². The molecule has 0 saturated heterocycles. The maximum atomic E-state index is 7.33. The summed E-state index contributed by atoms with van der Waals surface area (Å²) in [4.78, 5) is 0. The third kappa shape index (κ3) is 2.16. The van der Waals surface area contributed by atoms with Gasteiger partial charge in [0, 0.05) is 11.6 Å². The van der Waals surface area contributed by atoms with Crippen molar-refractivity contribution in [3.8, 4) is 0 Å². The highest BCUT2D eigenvalue weighted by Gasteiger charge is 2.25. The fraction of sp³-hybridized carbons (Fsp3) is 0.800. The van der Waals surface area contributed by atoms with Gasteiger partial charge in [-0.05, 0) is 37.8 Å². The molecule has 1 fully saturated rings. The molecule has 2 atom stereocenters. The topological polar surface area (TPSA) is 47.7 Å². The Labute approximate surface area is 74.4 Å². The second-order valence-corrected chi connectivity index (χ2v) is 4.16. The van der Waals surface area contributed by atoms with Gasteiger partial charge in [-0.15, -0.1) is 0 Å². The van der Waals surface area contributed by atoms with Crippen molar-refractivity contribution >= 4 is 12.4 Å². The molecule has 0 bridgehead atoms. The summed E-state index contributed by atoms with van der Waals surface area (Å²) in [6.45, 7) is 2.16. The molecule has 2 nitrogen and oxygen atoms in total. The zero-order valence-electron chi connectivity index (χ0n) is 7.77. The van der Waals surface area contributed by atoms with E-state index in [0.717, 1.165) is 25.7 Å². The van der Waals surface area contributed by atoms with E-state index in [1.54, 1.807) is 12.4 Å². The lowest BCUT2D eigenvalue weighted by molar-refractivity contribution is 0.408. The molecule has 0 aromatic heterocycles. The quantitative estimate of drug-likeness (QED) is 0.468. The van der Waals surface area contributed by atoms with Crippen LogP contribution in [-0.2, 0) is 0 Å². The molecule has 1 rings (SSSR count). The van der Waals surface area contributed by atoms with Crippen molar-refractivity contribution in [3.05, 3.63) is 0 Å². The highest BCUT2D eigenvalue weighted by Crippen LogP contribution is 2.34. The zero-order chi connectivity index (χ0) is 9.03. The van der Waals surface area contributed by atoms with Gasteiger partial charge in [0.1, 0.15) is 0 Å². The first-order chi connectivity index (χ1) is 5.70. The van der Waals surface area contributed by atoms with Gasteiger partial charge in [0.15, 0.2) is 0 Å². The Kier molecular flexibility index (Phi) is 3.01. The molecule has 0 radical (unpaired) electrons. The van der Waals surface area contributed by atoms with Crippen LogP contribution in [0.4, 0.5) is 0 Å². The summed E-state index contributed by atoms with van der Waals surface area (Å²) in [5.41, 5.74) is 0.123. The lowest BCUT2D eigenvalue weighted by Crippen LogP contribution is -2.16. The molecule has 68 valence electrons. The molecular weight excluding hydrogens is 148 g/mol. The van der Waals surface area contributed by atoms with E-state index in [1.807, 2.05) is 0 Å². The van der Waals surface area contributed by atoms with Crippen LogP contribution in [0.25, 0.3) is 0 Å². The summed E-state index contributed by atoms with van der Waals surface area (Å²) < 4.78 is 0. The van der Waals surface area contributed by atoms with Crippen molar-refractivity contribution in [2.45, 2.75) is 39.0 Å². The van der Waals surface area contributed by atoms with Gasteiger partial charge in [-0.25, -0.2) is 0 Å². The van der Waals surface area contributed by atoms with Gasteiger partial charge in [-0.1, -0.05) is 13.3 Å². The van der Waals surface area contributed by atoms with Crippen LogP contribution in [0.2, 0.25) is 0 Å². The van der Waals surface area contributed by atoms with Crippen molar-refractivity contribution < 1.29 is 0 Å². The predicted octanol–water partition coefficient (Wildman–Crippen LogP) is 2.87. The molecule has 0 spiro atoms. The van der Waals surface area contributed by atoms with Crippen molar-refractivity contribution in [2.75, 3.05) is 0 Å². The summed E-state index contributed by atoms with van der Waals surface area (Å²) in [5, 5.41) is 14.5. The SMILES string of the molecule is CC1(C=N)CCCC(C=N)CC1. The summed E-state index contributed by atoms with van der Waals surface area (Å²) in [6, 6.07) is 0. The first-order valence-electron chi connectivity index (χ1n) is 4.72. The van der Waals surface area contributed by atoms with Gasteiger partial charge in [0.2, 0.25) is 0 Å². The van der Waals surface area contributed by atoms with Gasteiger partial charge in [0.05, 0.1) is 0 Å². The Morgan fingerprint density at radius 2 is 2.00 bits per heavy atom. The summed E-state index contributed by atoms with van der Waals surface area (Å²) in [5.74, 6) is 0.478. The van der Waals surface area contributed by atoms with Gasteiger partial charge in [-0.3, -0.25) is 0 Å². The van der Waals surface area contributed by atoms with Gasteiger partial charge >= 0.3 is 0 Å². The molecule has 0 aromatic rings. The minimum atomic E-state index is 0.123. The van der Waals surface area contributed by atoms with Gasteiger partial charge in [-0.2, -0.15) is 0 Å². The van der Waals surface area contributed by atoms with Crippen LogP contribution >= 0.6 is 0 Å². The molecule has 1 saturated carbocycles. The maximum absolute atomic E-state index is 7.33. The number of rotatable bonds is 2. The largest absolute Gasteiger partial charge is 0.313 e. The van der Waals surface area contributed by atoms with Crippen LogP contribution in [0, 0.1) is 22.2 Å². The number of hydrogen-bond donors (Lipinski definition) is 2. The lowest BCUT2D eigenvalue weighted by Gasteiger charge is -2.21. The fourth-order valence-corrected chi connectivity index (χ4v) is 1.86. The van der Waals surface area contributed by atoms with E-state index >= 15 is 0 Å². The Balaban J connectivity index is 2.54. The third-order valence-corrected chi connectivity index (χ3v) is 2.99. The highest BCUT2D eigenvalue weighted by molar-refractivity contribution is 5.62. The smallest absolute Gasteiger partial charge is 0.00216 e. The predicted molar refractivity (Wildman–Crippen MR) is 52.2 cm³/mol. The standard InChI is InChI=1S/C10H18N2/c1-10(8-12)5-2-3-9(7-11)4-6-10/h7-9,11-12H,2-6H2,1H3. The minimum absolute atomic E-state index is 0.123. The van der Waals surface area contributed by atoms with Crippen LogP contribution in [0.3, 0.4) is 0 Å². The Hall–Kier alpha value is -0.660. The van der Waals surface area contributed by atoms with Crippen molar-refractivity contribution in [1.82, 2.24) is 0 Å². The van der Waals surface area contributed by atoms with Crippen LogP contribution < -0.4 is 0 Å². The number of hydrogen-bond acceptors (Lipinski definition) is 2. The summed E-state index contributed by atoms with van der Waals surface area (Å²) in [7, 11) is 0. The zero-order valence-corrected chi connectivity index (χ0v) is 7.77. The Morgan fingerprint density at radius 1 is 1.25 bits per heavy atom. The molecule has 2 heteroatoms. The molecule has 0 heterocycles. The molecule has 1 aliphatic carbocycles. The van der Waals surface area contributed by atoms with E-state index in [2.05, 4.69) is 6.92 Å². The van der Waals surface area contributed by atoms with Gasteiger partial charge in [0.25, 0.3) is 0 Å². The van der Waals surface area contributed by atoms with E-state index in [0.29, 0.717) is 5.92 Å². The lowest BCUT2D eigenvalue weighted by atomic mass is 9.84. The van der Waals surface area contributed by atoms with Crippen LogP contribution in [-0.4, -0.2) is 12.4 Å². The average molecular weight is 166 g/mol. The van der Waals surface area contributed by atoms with Crippen molar-refractivity contribution in [1.29, 1.82) is 10.8 Å². The summed E-state index contributed by atoms with van der Waals surface area (Å²) in [6.07, 6.45) is 8.79. The van der Waals surface area contributed by atoms with E-state index in [-0.39, 0.29) is 5.41 Å². The van der Waals surface area contributed by atoms with Gasteiger partial charge < -0.3 is 10.8 Å². The van der Waals surface area contributed by atoms with Crippen LogP contribution in [0.15, 0.2) is 0 Å². The molecule has 0 aromatic carbocycles. The van der Waals surface area contributed by atoms with E-state index in [4.69, 9.17) is 10.8 Å². The van der Waals surface area contributed by atoms with E-state index < -0.39 is 0 Å². The van der Waals surface area contributed by atoms with Crippen molar-refractivity contribution in [3.63, 3.8) is 0 Å². The fourth-order valence-electron chi connectivity index (χ4n) is 1.86. The second-order valence-electron chi connectivity index (χ2n) is 4.16.